The predicted molar refractivity (Wildman–Crippen MR) is 71.2 cm³/mol. The fourth-order valence-electron chi connectivity index (χ4n) is 1.37. The van der Waals surface area contributed by atoms with Gasteiger partial charge in [0.25, 0.3) is 0 Å². The highest BCUT2D eigenvalue weighted by atomic mass is 16.5. The van der Waals surface area contributed by atoms with E-state index in [-0.39, 0.29) is 12.2 Å². The van der Waals surface area contributed by atoms with Gasteiger partial charge in [-0.2, -0.15) is 0 Å². The van der Waals surface area contributed by atoms with Gasteiger partial charge in [0.15, 0.2) is 0 Å². The Morgan fingerprint density at radius 1 is 1.32 bits per heavy atom. The lowest BCUT2D eigenvalue weighted by Gasteiger charge is -2.02. The van der Waals surface area contributed by atoms with Gasteiger partial charge in [0.05, 0.1) is 19.3 Å². The molecule has 0 amide bonds. The third kappa shape index (κ3) is 4.00. The monoisotopic (exact) mass is 258 g/mol. The minimum absolute atomic E-state index is 0.132. The molecule has 0 aliphatic rings. The van der Waals surface area contributed by atoms with Gasteiger partial charge in [-0.3, -0.25) is 0 Å². The van der Waals surface area contributed by atoms with Gasteiger partial charge >= 0.3 is 11.9 Å². The number of methoxy groups -OCH3 is 1. The van der Waals surface area contributed by atoms with E-state index in [1.165, 1.54) is 13.2 Å². The first-order chi connectivity index (χ1) is 9.12. The first kappa shape index (κ1) is 14.5. The average Bonchev–Trinajstić information content (AvgIpc) is 2.44. The normalized spacial score (nSPS) is 10.5. The molecule has 0 unspecified atom stereocenters. The summed E-state index contributed by atoms with van der Waals surface area (Å²) in [6.07, 6.45) is 6.79. The first-order valence-corrected chi connectivity index (χ1v) is 5.66. The van der Waals surface area contributed by atoms with Crippen LogP contribution in [0.2, 0.25) is 0 Å². The molecule has 0 atom stereocenters. The molecule has 0 N–H and O–H groups in total. The van der Waals surface area contributed by atoms with Gasteiger partial charge in [0.2, 0.25) is 0 Å². The molecular weight excluding hydrogens is 244 g/mol. The summed E-state index contributed by atoms with van der Waals surface area (Å²) in [6.45, 7) is 1.97. The maximum Gasteiger partial charge on any atom is 0.346 e. The number of rotatable bonds is 4. The molecule has 0 aromatic heterocycles. The number of hydrogen-bond acceptors (Lipinski definition) is 4. The van der Waals surface area contributed by atoms with E-state index in [0.29, 0.717) is 11.1 Å². The van der Waals surface area contributed by atoms with E-state index in [1.54, 1.807) is 31.2 Å². The Balaban J connectivity index is 2.95. The van der Waals surface area contributed by atoms with Crippen LogP contribution in [0.4, 0.5) is 0 Å². The Morgan fingerprint density at radius 3 is 2.42 bits per heavy atom. The Morgan fingerprint density at radius 2 is 1.95 bits per heavy atom. The smallest absolute Gasteiger partial charge is 0.346 e. The molecule has 0 saturated carbocycles. The fourth-order valence-corrected chi connectivity index (χ4v) is 1.37. The predicted octanol–water partition coefficient (Wildman–Crippen LogP) is 2.05. The van der Waals surface area contributed by atoms with Crippen LogP contribution in [0.5, 0.6) is 0 Å². The van der Waals surface area contributed by atoms with Gasteiger partial charge in [-0.25, -0.2) is 9.59 Å². The number of hydrogen-bond donors (Lipinski definition) is 0. The zero-order valence-electron chi connectivity index (χ0n) is 10.8. The molecule has 0 spiro atoms. The lowest BCUT2D eigenvalue weighted by atomic mass is 10.1. The third-order valence-electron chi connectivity index (χ3n) is 2.29. The van der Waals surface area contributed by atoms with Gasteiger partial charge in [-0.1, -0.05) is 18.1 Å². The molecule has 0 aliphatic heterocycles. The molecule has 0 radical (unpaired) electrons. The lowest BCUT2D eigenvalue weighted by Crippen LogP contribution is -2.06. The van der Waals surface area contributed by atoms with Crippen molar-refractivity contribution in [3.05, 3.63) is 41.0 Å². The molecule has 1 rings (SSSR count). The maximum atomic E-state index is 11.5. The van der Waals surface area contributed by atoms with Crippen LogP contribution in [0.15, 0.2) is 29.8 Å². The molecule has 0 aliphatic carbocycles. The topological polar surface area (TPSA) is 52.6 Å². The number of ether oxygens (including phenoxy) is 2. The Hall–Kier alpha value is -2.54. The highest BCUT2D eigenvalue weighted by Gasteiger charge is 2.08. The molecule has 0 heterocycles. The summed E-state index contributed by atoms with van der Waals surface area (Å²) in [4.78, 5) is 22.7. The van der Waals surface area contributed by atoms with Crippen molar-refractivity contribution in [2.24, 2.45) is 0 Å². The number of terminal acetylenes is 1. The van der Waals surface area contributed by atoms with Crippen molar-refractivity contribution < 1.29 is 19.1 Å². The standard InChI is InChI=1S/C15H14O4/c1-4-12(15(17)19-5-2)10-11-6-8-13(9-7-11)14(16)18-3/h1,6-10H,5H2,2-3H3/b12-10+. The van der Waals surface area contributed by atoms with Crippen molar-refractivity contribution in [2.45, 2.75) is 6.92 Å². The molecule has 0 saturated heterocycles. The van der Waals surface area contributed by atoms with Crippen molar-refractivity contribution in [3.63, 3.8) is 0 Å². The summed E-state index contributed by atoms with van der Waals surface area (Å²) >= 11 is 0. The summed E-state index contributed by atoms with van der Waals surface area (Å²) in [5.74, 6) is 1.32. The number of benzene rings is 1. The van der Waals surface area contributed by atoms with Crippen molar-refractivity contribution in [1.29, 1.82) is 0 Å². The zero-order valence-corrected chi connectivity index (χ0v) is 10.8. The first-order valence-electron chi connectivity index (χ1n) is 5.66. The molecule has 98 valence electrons. The fraction of sp³-hybridized carbons (Fsp3) is 0.200. The molecule has 1 aromatic rings. The van der Waals surface area contributed by atoms with Crippen molar-refractivity contribution >= 4 is 18.0 Å². The Labute approximate surface area is 112 Å². The number of carbonyl (C=O) groups is 2. The molecular formula is C15H14O4. The molecule has 4 nitrogen and oxygen atoms in total. The van der Waals surface area contributed by atoms with Gasteiger partial charge in [0, 0.05) is 0 Å². The van der Waals surface area contributed by atoms with E-state index < -0.39 is 11.9 Å². The zero-order chi connectivity index (χ0) is 14.3. The van der Waals surface area contributed by atoms with Crippen molar-refractivity contribution in [3.8, 4) is 12.3 Å². The second-order valence-corrected chi connectivity index (χ2v) is 3.54. The van der Waals surface area contributed by atoms with Crippen LogP contribution in [0.1, 0.15) is 22.8 Å². The average molecular weight is 258 g/mol. The molecule has 1 aromatic carbocycles. The van der Waals surface area contributed by atoms with Gasteiger partial charge in [0.1, 0.15) is 5.57 Å². The second-order valence-electron chi connectivity index (χ2n) is 3.54. The highest BCUT2D eigenvalue weighted by Crippen LogP contribution is 2.10. The summed E-state index contributed by atoms with van der Waals surface area (Å²) in [5, 5.41) is 0. The second kappa shape index (κ2) is 7.02. The van der Waals surface area contributed by atoms with Gasteiger partial charge in [-0.05, 0) is 30.7 Å². The van der Waals surface area contributed by atoms with Crippen molar-refractivity contribution in [2.75, 3.05) is 13.7 Å². The van der Waals surface area contributed by atoms with Crippen LogP contribution in [0.25, 0.3) is 6.08 Å². The molecule has 0 fully saturated rings. The number of carbonyl (C=O) groups excluding carboxylic acids is 2. The van der Waals surface area contributed by atoms with E-state index in [9.17, 15) is 9.59 Å². The van der Waals surface area contributed by atoms with E-state index in [2.05, 4.69) is 10.7 Å². The SMILES string of the molecule is C#C/C(=C\c1ccc(C(=O)OC)cc1)C(=O)OCC. The minimum atomic E-state index is -0.540. The molecule has 19 heavy (non-hydrogen) atoms. The van der Waals surface area contributed by atoms with E-state index in [1.807, 2.05) is 0 Å². The molecule has 0 bridgehead atoms. The van der Waals surface area contributed by atoms with Crippen LogP contribution in [0.3, 0.4) is 0 Å². The Bertz CT molecular complexity index is 532. The minimum Gasteiger partial charge on any atom is -0.465 e. The number of esters is 2. The van der Waals surface area contributed by atoms with Crippen LogP contribution in [0, 0.1) is 12.3 Å². The quantitative estimate of drug-likeness (QED) is 0.471. The van der Waals surface area contributed by atoms with Crippen molar-refractivity contribution in [1.82, 2.24) is 0 Å². The lowest BCUT2D eigenvalue weighted by molar-refractivity contribution is -0.137. The van der Waals surface area contributed by atoms with E-state index >= 15 is 0 Å². The van der Waals surface area contributed by atoms with E-state index in [0.717, 1.165) is 0 Å². The summed E-state index contributed by atoms with van der Waals surface area (Å²) < 4.78 is 9.41. The largest absolute Gasteiger partial charge is 0.465 e. The van der Waals surface area contributed by atoms with E-state index in [4.69, 9.17) is 11.2 Å². The van der Waals surface area contributed by atoms with Crippen LogP contribution in [-0.2, 0) is 14.3 Å². The highest BCUT2D eigenvalue weighted by molar-refractivity contribution is 5.98. The summed E-state index contributed by atoms with van der Waals surface area (Å²) in [7, 11) is 1.31. The summed E-state index contributed by atoms with van der Waals surface area (Å²) in [5.41, 5.74) is 1.26. The van der Waals surface area contributed by atoms with Gasteiger partial charge < -0.3 is 9.47 Å². The maximum absolute atomic E-state index is 11.5. The summed E-state index contributed by atoms with van der Waals surface area (Å²) in [6, 6.07) is 6.53. The third-order valence-corrected chi connectivity index (χ3v) is 2.29. The van der Waals surface area contributed by atoms with Crippen LogP contribution in [-0.4, -0.2) is 25.7 Å². The van der Waals surface area contributed by atoms with Crippen LogP contribution < -0.4 is 0 Å². The Kier molecular flexibility index (Phi) is 5.36. The van der Waals surface area contributed by atoms with Gasteiger partial charge in [-0.15, -0.1) is 6.42 Å². The van der Waals surface area contributed by atoms with Crippen LogP contribution >= 0.6 is 0 Å². The molecule has 4 heteroatoms.